The van der Waals surface area contributed by atoms with Gasteiger partial charge in [-0.2, -0.15) is 0 Å². The first-order chi connectivity index (χ1) is 9.76. The summed E-state index contributed by atoms with van der Waals surface area (Å²) in [5.74, 6) is -0.998. The molecule has 6 heteroatoms. The van der Waals surface area contributed by atoms with Crippen LogP contribution in [-0.2, 0) is 4.79 Å². The van der Waals surface area contributed by atoms with Gasteiger partial charge in [-0.1, -0.05) is 26.2 Å². The van der Waals surface area contributed by atoms with Crippen molar-refractivity contribution in [2.45, 2.75) is 63.5 Å². The number of carboxylic acids is 1. The molecule has 1 atom stereocenters. The molecule has 0 radical (unpaired) electrons. The number of amides is 2. The lowest BCUT2D eigenvalue weighted by Gasteiger charge is -2.37. The smallest absolute Gasteiger partial charge is 0.329 e. The number of hydrogen-bond acceptors (Lipinski definition) is 3. The second kappa shape index (κ2) is 7.11. The molecule has 6 nitrogen and oxygen atoms in total. The Hall–Kier alpha value is -1.30. The number of likely N-dealkylation sites (N-methyl/N-ethyl adjacent to an activating group) is 1. The summed E-state index contributed by atoms with van der Waals surface area (Å²) in [5, 5.41) is 14.7. The molecule has 1 rings (SSSR count). The van der Waals surface area contributed by atoms with Crippen molar-refractivity contribution >= 4 is 12.0 Å². The summed E-state index contributed by atoms with van der Waals surface area (Å²) in [5.41, 5.74) is -1.21. The van der Waals surface area contributed by atoms with Gasteiger partial charge in [0, 0.05) is 12.1 Å². The second-order valence-corrected chi connectivity index (χ2v) is 6.52. The number of aliphatic carboxylic acids is 1. The molecule has 1 saturated carbocycles. The van der Waals surface area contributed by atoms with Crippen LogP contribution in [0.3, 0.4) is 0 Å². The summed E-state index contributed by atoms with van der Waals surface area (Å²) in [6.45, 7) is 4.00. The molecular formula is C15H29N3O3. The number of rotatable bonds is 7. The van der Waals surface area contributed by atoms with Gasteiger partial charge in [0.05, 0.1) is 0 Å². The Morgan fingerprint density at radius 1 is 1.29 bits per heavy atom. The SMILES string of the molecule is CCCC(C)(NC(=O)NCC1(N(C)C)CCCC1)C(=O)O. The van der Waals surface area contributed by atoms with E-state index >= 15 is 0 Å². The van der Waals surface area contributed by atoms with Gasteiger partial charge in [-0.05, 0) is 40.3 Å². The van der Waals surface area contributed by atoms with Gasteiger partial charge in [-0.3, -0.25) is 0 Å². The molecule has 0 aliphatic heterocycles. The highest BCUT2D eigenvalue weighted by Gasteiger charge is 2.38. The summed E-state index contributed by atoms with van der Waals surface area (Å²) in [6, 6.07) is -0.401. The van der Waals surface area contributed by atoms with Crippen LogP contribution in [0.2, 0.25) is 0 Å². The minimum Gasteiger partial charge on any atom is -0.480 e. The van der Waals surface area contributed by atoms with Crippen LogP contribution in [0.15, 0.2) is 0 Å². The molecule has 0 bridgehead atoms. The van der Waals surface area contributed by atoms with Crippen molar-refractivity contribution in [3.05, 3.63) is 0 Å². The molecule has 0 spiro atoms. The third kappa shape index (κ3) is 4.33. The minimum absolute atomic E-state index is 0.00171. The van der Waals surface area contributed by atoms with Crippen LogP contribution < -0.4 is 10.6 Å². The zero-order chi connectivity index (χ0) is 16.1. The van der Waals surface area contributed by atoms with Gasteiger partial charge in [0.1, 0.15) is 5.54 Å². The van der Waals surface area contributed by atoms with Crippen molar-refractivity contribution in [2.24, 2.45) is 0 Å². The molecule has 21 heavy (non-hydrogen) atoms. The predicted octanol–water partition coefficient (Wildman–Crippen LogP) is 1.80. The van der Waals surface area contributed by atoms with Crippen molar-refractivity contribution in [1.29, 1.82) is 0 Å². The maximum absolute atomic E-state index is 12.1. The monoisotopic (exact) mass is 299 g/mol. The van der Waals surface area contributed by atoms with E-state index in [4.69, 9.17) is 0 Å². The van der Waals surface area contributed by atoms with E-state index in [2.05, 4.69) is 15.5 Å². The first-order valence-corrected chi connectivity index (χ1v) is 7.72. The Balaban J connectivity index is 2.58. The van der Waals surface area contributed by atoms with Crippen LogP contribution in [0.1, 0.15) is 52.4 Å². The fourth-order valence-electron chi connectivity index (χ4n) is 3.08. The first kappa shape index (κ1) is 17.8. The predicted molar refractivity (Wildman–Crippen MR) is 82.4 cm³/mol. The maximum Gasteiger partial charge on any atom is 0.329 e. The van der Waals surface area contributed by atoms with E-state index in [0.29, 0.717) is 19.4 Å². The average molecular weight is 299 g/mol. The third-order valence-corrected chi connectivity index (χ3v) is 4.67. The number of nitrogens with zero attached hydrogens (tertiary/aromatic N) is 1. The van der Waals surface area contributed by atoms with E-state index in [1.54, 1.807) is 6.92 Å². The van der Waals surface area contributed by atoms with E-state index in [0.717, 1.165) is 12.8 Å². The van der Waals surface area contributed by atoms with Gasteiger partial charge >= 0.3 is 12.0 Å². The van der Waals surface area contributed by atoms with Gasteiger partial charge < -0.3 is 20.6 Å². The summed E-state index contributed by atoms with van der Waals surface area (Å²) < 4.78 is 0. The van der Waals surface area contributed by atoms with Gasteiger partial charge in [-0.25, -0.2) is 9.59 Å². The van der Waals surface area contributed by atoms with Gasteiger partial charge in [-0.15, -0.1) is 0 Å². The minimum atomic E-state index is -1.21. The average Bonchev–Trinajstić information content (AvgIpc) is 2.86. The molecule has 122 valence electrons. The largest absolute Gasteiger partial charge is 0.480 e. The topological polar surface area (TPSA) is 81.7 Å². The van der Waals surface area contributed by atoms with Crippen LogP contribution in [0.5, 0.6) is 0 Å². The van der Waals surface area contributed by atoms with Gasteiger partial charge in [0.15, 0.2) is 0 Å². The summed E-state index contributed by atoms with van der Waals surface area (Å²) >= 11 is 0. The Labute approximate surface area is 127 Å². The Morgan fingerprint density at radius 2 is 1.86 bits per heavy atom. The fraction of sp³-hybridized carbons (Fsp3) is 0.867. The van der Waals surface area contributed by atoms with Gasteiger partial charge in [0.2, 0.25) is 0 Å². The Bertz CT molecular complexity index is 378. The normalized spacial score (nSPS) is 20.0. The van der Waals surface area contributed by atoms with Crippen molar-refractivity contribution in [1.82, 2.24) is 15.5 Å². The molecule has 0 aromatic heterocycles. The molecule has 1 fully saturated rings. The van der Waals surface area contributed by atoms with Crippen molar-refractivity contribution in [2.75, 3.05) is 20.6 Å². The van der Waals surface area contributed by atoms with E-state index in [1.165, 1.54) is 12.8 Å². The molecule has 0 aromatic carbocycles. The van der Waals surface area contributed by atoms with Crippen molar-refractivity contribution in [3.8, 4) is 0 Å². The number of hydrogen-bond donors (Lipinski definition) is 3. The molecule has 1 aliphatic carbocycles. The molecular weight excluding hydrogens is 270 g/mol. The maximum atomic E-state index is 12.1. The zero-order valence-corrected chi connectivity index (χ0v) is 13.7. The lowest BCUT2D eigenvalue weighted by atomic mass is 9.95. The van der Waals surface area contributed by atoms with Crippen LogP contribution in [0, 0.1) is 0 Å². The Morgan fingerprint density at radius 3 is 2.29 bits per heavy atom. The lowest BCUT2D eigenvalue weighted by molar-refractivity contribution is -0.144. The summed E-state index contributed by atoms with van der Waals surface area (Å²) in [7, 11) is 4.06. The highest BCUT2D eigenvalue weighted by atomic mass is 16.4. The summed E-state index contributed by atoms with van der Waals surface area (Å²) in [6.07, 6.45) is 5.57. The number of urea groups is 1. The van der Waals surface area contributed by atoms with E-state index in [1.807, 2.05) is 21.0 Å². The number of carbonyl (C=O) groups is 2. The van der Waals surface area contributed by atoms with Crippen LogP contribution in [0.4, 0.5) is 4.79 Å². The Kier molecular flexibility index (Phi) is 6.01. The molecule has 1 unspecified atom stereocenters. The first-order valence-electron chi connectivity index (χ1n) is 7.72. The molecule has 2 amide bonds. The quantitative estimate of drug-likeness (QED) is 0.669. The van der Waals surface area contributed by atoms with E-state index in [-0.39, 0.29) is 5.54 Å². The molecule has 0 aromatic rings. The molecule has 3 N–H and O–H groups in total. The third-order valence-electron chi connectivity index (χ3n) is 4.67. The van der Waals surface area contributed by atoms with Crippen molar-refractivity contribution < 1.29 is 14.7 Å². The zero-order valence-electron chi connectivity index (χ0n) is 13.7. The fourth-order valence-corrected chi connectivity index (χ4v) is 3.08. The molecule has 0 saturated heterocycles. The van der Waals surface area contributed by atoms with Crippen LogP contribution in [-0.4, -0.2) is 53.7 Å². The summed E-state index contributed by atoms with van der Waals surface area (Å²) in [4.78, 5) is 25.6. The second-order valence-electron chi connectivity index (χ2n) is 6.52. The van der Waals surface area contributed by atoms with Crippen LogP contribution in [0.25, 0.3) is 0 Å². The number of carboxylic acid groups (broad SMARTS) is 1. The van der Waals surface area contributed by atoms with E-state index in [9.17, 15) is 14.7 Å². The standard InChI is InChI=1S/C15H29N3O3/c1-5-8-14(2,12(19)20)17-13(21)16-11-15(18(3)4)9-6-7-10-15/h5-11H2,1-4H3,(H,19,20)(H2,16,17,21). The number of nitrogens with one attached hydrogen (secondary N) is 2. The van der Waals surface area contributed by atoms with Gasteiger partial charge in [0.25, 0.3) is 0 Å². The molecule has 1 aliphatic rings. The number of carbonyl (C=O) groups excluding carboxylic acids is 1. The molecule has 0 heterocycles. The highest BCUT2D eigenvalue weighted by Crippen LogP contribution is 2.33. The van der Waals surface area contributed by atoms with Crippen molar-refractivity contribution in [3.63, 3.8) is 0 Å². The lowest BCUT2D eigenvalue weighted by Crippen LogP contribution is -2.58. The highest BCUT2D eigenvalue weighted by molar-refractivity contribution is 5.85. The van der Waals surface area contributed by atoms with Crippen LogP contribution >= 0.6 is 0 Å². The van der Waals surface area contributed by atoms with E-state index < -0.39 is 17.5 Å².